The van der Waals surface area contributed by atoms with Crippen molar-refractivity contribution >= 4 is 17.6 Å². The summed E-state index contributed by atoms with van der Waals surface area (Å²) in [4.78, 5) is 28.5. The van der Waals surface area contributed by atoms with E-state index in [2.05, 4.69) is 5.32 Å². The highest BCUT2D eigenvalue weighted by Gasteiger charge is 2.30. The fraction of sp³-hybridized carbons (Fsp3) is 0.333. The number of amides is 3. The minimum atomic E-state index is -0.133. The van der Waals surface area contributed by atoms with E-state index in [0.29, 0.717) is 31.7 Å². The Balaban J connectivity index is 1.54. The van der Waals surface area contributed by atoms with Gasteiger partial charge < -0.3 is 15.0 Å². The standard InChI is InChI=1S/C21H23N3O3/c1-15-13-23(14-19(27-15)16-6-3-2-4-7-16)20(25)17-8-5-9-18(12-17)24-11-10-22-21(24)26/h2-9,12,15,19H,10-11,13-14H2,1H3,(H,22,26)/t15-,19-/m1/s1. The third-order valence-electron chi connectivity index (χ3n) is 4.98. The van der Waals surface area contributed by atoms with Crippen LogP contribution in [0.5, 0.6) is 0 Å². The van der Waals surface area contributed by atoms with Crippen LogP contribution in [0.3, 0.4) is 0 Å². The highest BCUT2D eigenvalue weighted by atomic mass is 16.5. The number of ether oxygens (including phenoxy) is 1. The van der Waals surface area contributed by atoms with E-state index in [4.69, 9.17) is 4.74 Å². The number of urea groups is 1. The Morgan fingerprint density at radius 2 is 1.93 bits per heavy atom. The lowest BCUT2D eigenvalue weighted by Crippen LogP contribution is -2.46. The number of carbonyl (C=O) groups is 2. The van der Waals surface area contributed by atoms with Crippen LogP contribution >= 0.6 is 0 Å². The van der Waals surface area contributed by atoms with Gasteiger partial charge in [0.25, 0.3) is 5.91 Å². The van der Waals surface area contributed by atoms with Gasteiger partial charge in [-0.15, -0.1) is 0 Å². The van der Waals surface area contributed by atoms with E-state index in [1.165, 1.54) is 0 Å². The Bertz CT molecular complexity index is 840. The number of benzene rings is 2. The number of anilines is 1. The maximum atomic E-state index is 13.1. The fourth-order valence-corrected chi connectivity index (χ4v) is 3.68. The Hall–Kier alpha value is -2.86. The highest BCUT2D eigenvalue weighted by molar-refractivity contribution is 5.98. The second-order valence-corrected chi connectivity index (χ2v) is 6.99. The van der Waals surface area contributed by atoms with Gasteiger partial charge in [-0.2, -0.15) is 0 Å². The molecule has 0 aliphatic carbocycles. The van der Waals surface area contributed by atoms with Crippen LogP contribution < -0.4 is 10.2 Å². The molecule has 27 heavy (non-hydrogen) atoms. The minimum absolute atomic E-state index is 0.0347. The van der Waals surface area contributed by atoms with Crippen LogP contribution in [-0.4, -0.2) is 49.1 Å². The van der Waals surface area contributed by atoms with Crippen LogP contribution in [0, 0.1) is 0 Å². The molecule has 0 unspecified atom stereocenters. The maximum Gasteiger partial charge on any atom is 0.321 e. The predicted molar refractivity (Wildman–Crippen MR) is 103 cm³/mol. The van der Waals surface area contributed by atoms with E-state index >= 15 is 0 Å². The molecule has 2 aliphatic rings. The molecule has 2 aliphatic heterocycles. The van der Waals surface area contributed by atoms with E-state index in [0.717, 1.165) is 11.3 Å². The zero-order valence-electron chi connectivity index (χ0n) is 15.3. The van der Waals surface area contributed by atoms with Gasteiger partial charge in [-0.05, 0) is 30.7 Å². The largest absolute Gasteiger partial charge is 0.367 e. The summed E-state index contributed by atoms with van der Waals surface area (Å²) in [5.41, 5.74) is 2.41. The lowest BCUT2D eigenvalue weighted by Gasteiger charge is -2.37. The van der Waals surface area contributed by atoms with E-state index in [1.807, 2.05) is 54.3 Å². The normalized spacial score (nSPS) is 22.6. The Morgan fingerprint density at radius 3 is 2.67 bits per heavy atom. The number of hydrogen-bond acceptors (Lipinski definition) is 3. The van der Waals surface area contributed by atoms with Crippen molar-refractivity contribution in [2.75, 3.05) is 31.1 Å². The molecule has 0 aromatic heterocycles. The topological polar surface area (TPSA) is 61.9 Å². The van der Waals surface area contributed by atoms with Gasteiger partial charge in [0, 0.05) is 30.9 Å². The maximum absolute atomic E-state index is 13.1. The molecule has 2 fully saturated rings. The van der Waals surface area contributed by atoms with Gasteiger partial charge in [0.15, 0.2) is 0 Å². The molecule has 2 heterocycles. The number of nitrogens with zero attached hydrogens (tertiary/aromatic N) is 2. The Labute approximate surface area is 158 Å². The van der Waals surface area contributed by atoms with Crippen molar-refractivity contribution in [1.82, 2.24) is 10.2 Å². The number of hydrogen-bond donors (Lipinski definition) is 1. The van der Waals surface area contributed by atoms with Crippen molar-refractivity contribution < 1.29 is 14.3 Å². The van der Waals surface area contributed by atoms with Gasteiger partial charge in [-0.25, -0.2) is 4.79 Å². The van der Waals surface area contributed by atoms with Gasteiger partial charge in [-0.3, -0.25) is 9.69 Å². The summed E-state index contributed by atoms with van der Waals surface area (Å²) < 4.78 is 6.05. The lowest BCUT2D eigenvalue weighted by atomic mass is 10.1. The molecule has 2 aromatic rings. The number of rotatable bonds is 3. The van der Waals surface area contributed by atoms with Crippen LogP contribution in [0.15, 0.2) is 54.6 Å². The van der Waals surface area contributed by atoms with E-state index in [9.17, 15) is 9.59 Å². The monoisotopic (exact) mass is 365 g/mol. The van der Waals surface area contributed by atoms with Crippen LogP contribution in [0.4, 0.5) is 10.5 Å². The second kappa shape index (κ2) is 7.40. The molecule has 0 bridgehead atoms. The molecular formula is C21H23N3O3. The van der Waals surface area contributed by atoms with Crippen molar-refractivity contribution in [2.45, 2.75) is 19.1 Å². The first-order valence-corrected chi connectivity index (χ1v) is 9.27. The van der Waals surface area contributed by atoms with Gasteiger partial charge >= 0.3 is 6.03 Å². The van der Waals surface area contributed by atoms with Gasteiger partial charge in [0.2, 0.25) is 0 Å². The number of carbonyl (C=O) groups excluding carboxylic acids is 2. The fourth-order valence-electron chi connectivity index (χ4n) is 3.68. The summed E-state index contributed by atoms with van der Waals surface area (Å²) in [6, 6.07) is 17.1. The predicted octanol–water partition coefficient (Wildman–Crippen LogP) is 2.82. The van der Waals surface area contributed by atoms with Gasteiger partial charge in [-0.1, -0.05) is 36.4 Å². The third kappa shape index (κ3) is 3.66. The molecule has 1 N–H and O–H groups in total. The third-order valence-corrected chi connectivity index (χ3v) is 4.98. The molecule has 2 saturated heterocycles. The van der Waals surface area contributed by atoms with Crippen molar-refractivity contribution in [1.29, 1.82) is 0 Å². The quantitative estimate of drug-likeness (QED) is 0.910. The van der Waals surface area contributed by atoms with Gasteiger partial charge in [0.1, 0.15) is 6.10 Å². The highest BCUT2D eigenvalue weighted by Crippen LogP contribution is 2.27. The summed E-state index contributed by atoms with van der Waals surface area (Å²) in [5.74, 6) is -0.0347. The van der Waals surface area contributed by atoms with E-state index in [1.54, 1.807) is 17.0 Å². The summed E-state index contributed by atoms with van der Waals surface area (Å²) in [6.45, 7) is 4.29. The average molecular weight is 365 g/mol. The summed E-state index contributed by atoms with van der Waals surface area (Å²) >= 11 is 0. The molecule has 0 saturated carbocycles. The molecule has 0 radical (unpaired) electrons. The second-order valence-electron chi connectivity index (χ2n) is 6.99. The lowest BCUT2D eigenvalue weighted by molar-refractivity contribution is -0.0691. The molecule has 3 amide bonds. The van der Waals surface area contributed by atoms with Crippen molar-refractivity contribution in [3.8, 4) is 0 Å². The SMILES string of the molecule is C[C@@H]1CN(C(=O)c2cccc(N3CCNC3=O)c2)C[C@H](c2ccccc2)O1. The minimum Gasteiger partial charge on any atom is -0.367 e. The zero-order valence-corrected chi connectivity index (χ0v) is 15.3. The van der Waals surface area contributed by atoms with Crippen LogP contribution in [0.2, 0.25) is 0 Å². The summed E-state index contributed by atoms with van der Waals surface area (Å²) in [5, 5.41) is 2.79. The molecular weight excluding hydrogens is 342 g/mol. The van der Waals surface area contributed by atoms with Crippen LogP contribution in [-0.2, 0) is 4.74 Å². The molecule has 140 valence electrons. The molecule has 6 nitrogen and oxygen atoms in total. The van der Waals surface area contributed by atoms with Crippen LogP contribution in [0.1, 0.15) is 28.9 Å². The van der Waals surface area contributed by atoms with E-state index in [-0.39, 0.29) is 24.1 Å². The smallest absolute Gasteiger partial charge is 0.321 e. The summed E-state index contributed by atoms with van der Waals surface area (Å²) in [6.07, 6.45) is -0.174. The molecule has 2 aromatic carbocycles. The zero-order chi connectivity index (χ0) is 18.8. The first-order valence-electron chi connectivity index (χ1n) is 9.27. The Kier molecular flexibility index (Phi) is 4.81. The van der Waals surface area contributed by atoms with Crippen molar-refractivity contribution in [3.05, 3.63) is 65.7 Å². The summed E-state index contributed by atoms with van der Waals surface area (Å²) in [7, 11) is 0. The molecule has 2 atom stereocenters. The molecule has 6 heteroatoms. The Morgan fingerprint density at radius 1 is 1.11 bits per heavy atom. The van der Waals surface area contributed by atoms with Crippen LogP contribution in [0.25, 0.3) is 0 Å². The number of nitrogens with one attached hydrogen (secondary N) is 1. The number of morpholine rings is 1. The average Bonchev–Trinajstić information content (AvgIpc) is 3.13. The van der Waals surface area contributed by atoms with Crippen molar-refractivity contribution in [2.24, 2.45) is 0 Å². The van der Waals surface area contributed by atoms with Gasteiger partial charge in [0.05, 0.1) is 12.6 Å². The first kappa shape index (κ1) is 17.5. The molecule has 0 spiro atoms. The van der Waals surface area contributed by atoms with Crippen molar-refractivity contribution in [3.63, 3.8) is 0 Å². The first-order chi connectivity index (χ1) is 13.1. The van der Waals surface area contributed by atoms with E-state index < -0.39 is 0 Å². The molecule has 4 rings (SSSR count).